The van der Waals surface area contributed by atoms with Crippen molar-refractivity contribution in [2.75, 3.05) is 12.3 Å². The number of halogens is 1. The van der Waals surface area contributed by atoms with Crippen LogP contribution in [0.5, 0.6) is 11.5 Å². The van der Waals surface area contributed by atoms with Crippen LogP contribution in [-0.2, 0) is 0 Å². The van der Waals surface area contributed by atoms with E-state index in [4.69, 9.17) is 10.5 Å². The zero-order chi connectivity index (χ0) is 19.0. The van der Waals surface area contributed by atoms with Crippen LogP contribution in [0.25, 0.3) is 0 Å². The average Bonchev–Trinajstić information content (AvgIpc) is 2.62. The molecule has 0 radical (unpaired) electrons. The molecule has 27 heavy (non-hydrogen) atoms. The minimum absolute atomic E-state index is 0. The maximum Gasteiger partial charge on any atom is 0.139 e. The first kappa shape index (κ1) is 25.9. The number of hydrogen-bond acceptors (Lipinski definition) is 3. The Balaban J connectivity index is 0.00000676. The Labute approximate surface area is 173 Å². The van der Waals surface area contributed by atoms with Gasteiger partial charge in [0.15, 0.2) is 0 Å². The molecule has 0 aliphatic rings. The second-order valence-electron chi connectivity index (χ2n) is 7.62. The molecule has 158 valence electrons. The van der Waals surface area contributed by atoms with Gasteiger partial charge in [-0.1, -0.05) is 90.4 Å². The zero-order valence-corrected chi connectivity index (χ0v) is 18.4. The number of aryl methyl sites for hydroxylation is 1. The summed E-state index contributed by atoms with van der Waals surface area (Å²) >= 11 is 0. The van der Waals surface area contributed by atoms with Crippen molar-refractivity contribution in [1.29, 1.82) is 0 Å². The summed E-state index contributed by atoms with van der Waals surface area (Å²) in [4.78, 5) is 0. The Bertz CT molecular complexity index is 480. The standard InChI is InChI=1S/C23H41NO2.ClH/c1-3-4-5-6-7-8-9-10-11-12-13-14-15-16-17-26-23-19-21(24)22(25)18-20(23)2;/h18-19,25H,3-17,24H2,1-2H3;1H. The Morgan fingerprint density at radius 3 is 1.70 bits per heavy atom. The highest BCUT2D eigenvalue weighted by molar-refractivity contribution is 5.85. The molecule has 0 atom stereocenters. The lowest BCUT2D eigenvalue weighted by molar-refractivity contribution is 0.302. The van der Waals surface area contributed by atoms with E-state index < -0.39 is 0 Å². The van der Waals surface area contributed by atoms with Gasteiger partial charge >= 0.3 is 0 Å². The smallest absolute Gasteiger partial charge is 0.139 e. The van der Waals surface area contributed by atoms with E-state index in [1.807, 2.05) is 6.92 Å². The van der Waals surface area contributed by atoms with Crippen molar-refractivity contribution in [1.82, 2.24) is 0 Å². The van der Waals surface area contributed by atoms with E-state index >= 15 is 0 Å². The summed E-state index contributed by atoms with van der Waals surface area (Å²) in [7, 11) is 0. The van der Waals surface area contributed by atoms with E-state index in [9.17, 15) is 5.11 Å². The monoisotopic (exact) mass is 399 g/mol. The molecule has 0 heterocycles. The van der Waals surface area contributed by atoms with E-state index in [0.29, 0.717) is 5.69 Å². The third-order valence-corrected chi connectivity index (χ3v) is 5.08. The highest BCUT2D eigenvalue weighted by atomic mass is 35.5. The average molecular weight is 400 g/mol. The molecule has 0 aliphatic carbocycles. The van der Waals surface area contributed by atoms with Crippen molar-refractivity contribution in [3.8, 4) is 11.5 Å². The number of anilines is 1. The molecule has 0 spiro atoms. The molecule has 3 nitrogen and oxygen atoms in total. The Morgan fingerprint density at radius 1 is 0.778 bits per heavy atom. The fraction of sp³-hybridized carbons (Fsp3) is 0.739. The summed E-state index contributed by atoms with van der Waals surface area (Å²) < 4.78 is 5.79. The second kappa shape index (κ2) is 17.0. The number of hydrogen-bond donors (Lipinski definition) is 2. The van der Waals surface area contributed by atoms with Crippen LogP contribution in [0.3, 0.4) is 0 Å². The van der Waals surface area contributed by atoms with Gasteiger partial charge in [0, 0.05) is 6.07 Å². The molecule has 1 rings (SSSR count). The number of phenolic OH excluding ortho intramolecular Hbond substituents is 1. The van der Waals surface area contributed by atoms with Crippen LogP contribution in [0.2, 0.25) is 0 Å². The number of phenols is 1. The van der Waals surface area contributed by atoms with E-state index in [1.165, 1.54) is 83.5 Å². The summed E-state index contributed by atoms with van der Waals surface area (Å²) in [5, 5.41) is 9.55. The van der Waals surface area contributed by atoms with Crippen molar-refractivity contribution >= 4 is 18.1 Å². The van der Waals surface area contributed by atoms with Gasteiger partial charge in [-0.25, -0.2) is 0 Å². The lowest BCUT2D eigenvalue weighted by atomic mass is 10.0. The largest absolute Gasteiger partial charge is 0.506 e. The van der Waals surface area contributed by atoms with Gasteiger partial charge in [0.25, 0.3) is 0 Å². The number of nitrogens with two attached hydrogens (primary N) is 1. The molecular formula is C23H42ClNO2. The predicted octanol–water partition coefficient (Wildman–Crippen LogP) is 7.56. The molecule has 1 aromatic carbocycles. The Morgan fingerprint density at radius 2 is 1.22 bits per heavy atom. The van der Waals surface area contributed by atoms with Gasteiger partial charge in [0.05, 0.1) is 12.3 Å². The minimum Gasteiger partial charge on any atom is -0.506 e. The van der Waals surface area contributed by atoms with E-state index in [2.05, 4.69) is 6.92 Å². The molecule has 4 heteroatoms. The van der Waals surface area contributed by atoms with Gasteiger partial charge in [-0.2, -0.15) is 0 Å². The van der Waals surface area contributed by atoms with Crippen LogP contribution in [0, 0.1) is 6.92 Å². The number of nitrogen functional groups attached to an aromatic ring is 1. The quantitative estimate of drug-likeness (QED) is 0.171. The molecule has 3 N–H and O–H groups in total. The molecule has 0 fully saturated rings. The normalized spacial score (nSPS) is 10.6. The molecule has 0 unspecified atom stereocenters. The Kier molecular flexibility index (Phi) is 16.4. The summed E-state index contributed by atoms with van der Waals surface area (Å²) in [5.41, 5.74) is 7.03. The molecule has 0 bridgehead atoms. The topological polar surface area (TPSA) is 55.5 Å². The molecule has 0 saturated heterocycles. The predicted molar refractivity (Wildman–Crippen MR) is 120 cm³/mol. The SMILES string of the molecule is CCCCCCCCCCCCCCCCOc1cc(N)c(O)cc1C.Cl. The summed E-state index contributed by atoms with van der Waals surface area (Å²) in [5.74, 6) is 0.918. The highest BCUT2D eigenvalue weighted by Gasteiger charge is 2.05. The molecule has 0 aliphatic heterocycles. The number of benzene rings is 1. The first-order chi connectivity index (χ1) is 12.6. The van der Waals surface area contributed by atoms with Gasteiger partial charge in [0.2, 0.25) is 0 Å². The second-order valence-corrected chi connectivity index (χ2v) is 7.62. The third kappa shape index (κ3) is 12.8. The van der Waals surface area contributed by atoms with Crippen LogP contribution >= 0.6 is 12.4 Å². The number of ether oxygens (including phenoxy) is 1. The molecular weight excluding hydrogens is 358 g/mol. The van der Waals surface area contributed by atoms with Gasteiger partial charge < -0.3 is 15.6 Å². The van der Waals surface area contributed by atoms with Crippen molar-refractivity contribution in [3.63, 3.8) is 0 Å². The van der Waals surface area contributed by atoms with Gasteiger partial charge in [-0.3, -0.25) is 0 Å². The first-order valence-corrected chi connectivity index (χ1v) is 10.9. The van der Waals surface area contributed by atoms with E-state index in [1.54, 1.807) is 12.1 Å². The van der Waals surface area contributed by atoms with Crippen LogP contribution in [0.1, 0.15) is 102 Å². The Hall–Kier alpha value is -1.09. The van der Waals surface area contributed by atoms with Crippen molar-refractivity contribution in [2.45, 2.75) is 104 Å². The van der Waals surface area contributed by atoms with Gasteiger partial charge in [-0.15, -0.1) is 12.4 Å². The first-order valence-electron chi connectivity index (χ1n) is 10.9. The lowest BCUT2D eigenvalue weighted by Crippen LogP contribution is -2.00. The minimum atomic E-state index is 0. The number of aromatic hydroxyl groups is 1. The maximum absolute atomic E-state index is 9.55. The molecule has 0 aromatic heterocycles. The van der Waals surface area contributed by atoms with Crippen molar-refractivity contribution < 1.29 is 9.84 Å². The van der Waals surface area contributed by atoms with Crippen LogP contribution in [-0.4, -0.2) is 11.7 Å². The van der Waals surface area contributed by atoms with Gasteiger partial charge in [0.1, 0.15) is 11.5 Å². The maximum atomic E-state index is 9.55. The van der Waals surface area contributed by atoms with Crippen LogP contribution in [0.15, 0.2) is 12.1 Å². The van der Waals surface area contributed by atoms with E-state index in [0.717, 1.165) is 24.3 Å². The highest BCUT2D eigenvalue weighted by Crippen LogP contribution is 2.29. The molecule has 0 amide bonds. The molecule has 1 aromatic rings. The van der Waals surface area contributed by atoms with E-state index in [-0.39, 0.29) is 18.2 Å². The van der Waals surface area contributed by atoms with Gasteiger partial charge in [-0.05, 0) is 25.0 Å². The fourth-order valence-electron chi connectivity index (χ4n) is 3.32. The van der Waals surface area contributed by atoms with Crippen molar-refractivity contribution in [3.05, 3.63) is 17.7 Å². The summed E-state index contributed by atoms with van der Waals surface area (Å²) in [6.45, 7) is 4.93. The number of unbranched alkanes of at least 4 members (excludes halogenated alkanes) is 13. The molecule has 0 saturated carbocycles. The van der Waals surface area contributed by atoms with Crippen molar-refractivity contribution in [2.24, 2.45) is 0 Å². The summed E-state index contributed by atoms with van der Waals surface area (Å²) in [6.07, 6.45) is 19.1. The van der Waals surface area contributed by atoms with Crippen LogP contribution < -0.4 is 10.5 Å². The summed E-state index contributed by atoms with van der Waals surface area (Å²) in [6, 6.07) is 3.38. The fourth-order valence-corrected chi connectivity index (χ4v) is 3.32. The van der Waals surface area contributed by atoms with Crippen LogP contribution in [0.4, 0.5) is 5.69 Å². The zero-order valence-electron chi connectivity index (χ0n) is 17.6. The number of rotatable bonds is 16. The third-order valence-electron chi connectivity index (χ3n) is 5.08. The lowest BCUT2D eigenvalue weighted by Gasteiger charge is -2.11.